The summed E-state index contributed by atoms with van der Waals surface area (Å²) < 4.78 is 4.66. The fourth-order valence-electron chi connectivity index (χ4n) is 2.17. The molecule has 0 spiro atoms. The summed E-state index contributed by atoms with van der Waals surface area (Å²) in [5.74, 6) is 0.289. The van der Waals surface area contributed by atoms with Gasteiger partial charge >= 0.3 is 0 Å². The number of hydrogen-bond donors (Lipinski definition) is 1. The van der Waals surface area contributed by atoms with Crippen LogP contribution < -0.4 is 5.32 Å². The third-order valence-electron chi connectivity index (χ3n) is 3.22. The van der Waals surface area contributed by atoms with Crippen LogP contribution in [0.2, 0.25) is 0 Å². The van der Waals surface area contributed by atoms with Gasteiger partial charge in [0.2, 0.25) is 0 Å². The van der Waals surface area contributed by atoms with Gasteiger partial charge in [0.25, 0.3) is 0 Å². The minimum atomic E-state index is -0.150. The molecule has 19 heavy (non-hydrogen) atoms. The highest BCUT2D eigenvalue weighted by molar-refractivity contribution is 7.71. The van der Waals surface area contributed by atoms with Crippen molar-refractivity contribution in [1.82, 2.24) is 14.5 Å². The number of nitrogens with zero attached hydrogens (tertiary/aromatic N) is 2. The molecule has 108 valence electrons. The molecule has 1 unspecified atom stereocenters. The molecule has 0 aliphatic rings. The maximum atomic E-state index is 12.3. The molecular weight excluding hydrogens is 258 g/mol. The summed E-state index contributed by atoms with van der Waals surface area (Å²) in [6.07, 6.45) is 2.68. The zero-order valence-corrected chi connectivity index (χ0v) is 13.5. The van der Waals surface area contributed by atoms with Crippen molar-refractivity contribution in [3.8, 4) is 0 Å². The van der Waals surface area contributed by atoms with Crippen molar-refractivity contribution in [2.45, 2.75) is 46.2 Å². The first-order valence-electron chi connectivity index (χ1n) is 6.75. The number of imidazole rings is 1. The van der Waals surface area contributed by atoms with E-state index in [-0.39, 0.29) is 23.8 Å². The second-order valence-corrected chi connectivity index (χ2v) is 6.07. The molecule has 0 saturated carbocycles. The lowest BCUT2D eigenvalue weighted by Crippen LogP contribution is -2.44. The summed E-state index contributed by atoms with van der Waals surface area (Å²) in [6, 6.07) is 0.132. The molecule has 0 radical (unpaired) electrons. The molecule has 0 amide bonds. The van der Waals surface area contributed by atoms with E-state index in [1.807, 2.05) is 43.3 Å². The first kappa shape index (κ1) is 16.1. The van der Waals surface area contributed by atoms with Crippen molar-refractivity contribution < 1.29 is 4.79 Å². The minimum Gasteiger partial charge on any atom is -0.327 e. The van der Waals surface area contributed by atoms with Crippen LogP contribution in [-0.2, 0) is 25.3 Å². The molecule has 0 saturated heterocycles. The maximum Gasteiger partial charge on any atom is 0.179 e. The van der Waals surface area contributed by atoms with Gasteiger partial charge in [-0.2, -0.15) is 0 Å². The summed E-state index contributed by atoms with van der Waals surface area (Å²) in [6.45, 7) is 8.01. The van der Waals surface area contributed by atoms with Gasteiger partial charge < -0.3 is 14.5 Å². The highest BCUT2D eigenvalue weighted by Crippen LogP contribution is 2.10. The highest BCUT2D eigenvalue weighted by atomic mass is 32.1. The highest BCUT2D eigenvalue weighted by Gasteiger charge is 2.23. The fraction of sp³-hybridized carbons (Fsp3) is 0.714. The number of carbonyl (C=O) groups is 1. The van der Waals surface area contributed by atoms with Gasteiger partial charge in [-0.05, 0) is 12.2 Å². The average Bonchev–Trinajstić information content (AvgIpc) is 2.54. The topological polar surface area (TPSA) is 39.0 Å². The number of nitrogens with one attached hydrogen (secondary N) is 1. The van der Waals surface area contributed by atoms with Crippen molar-refractivity contribution >= 4 is 18.0 Å². The maximum absolute atomic E-state index is 12.3. The molecule has 1 aromatic heterocycles. The van der Waals surface area contributed by atoms with E-state index < -0.39 is 0 Å². The smallest absolute Gasteiger partial charge is 0.179 e. The molecule has 0 aliphatic heterocycles. The quantitative estimate of drug-likeness (QED) is 0.814. The molecule has 4 nitrogen and oxygen atoms in total. The largest absolute Gasteiger partial charge is 0.327 e. The lowest BCUT2D eigenvalue weighted by molar-refractivity contribution is -0.124. The Morgan fingerprint density at radius 3 is 2.26 bits per heavy atom. The minimum absolute atomic E-state index is 0.0354. The Labute approximate surface area is 120 Å². The number of rotatable bonds is 6. The third kappa shape index (κ3) is 4.01. The molecule has 1 heterocycles. The van der Waals surface area contributed by atoms with E-state index in [1.165, 1.54) is 0 Å². The molecule has 0 fully saturated rings. The zero-order chi connectivity index (χ0) is 14.7. The second kappa shape index (κ2) is 6.48. The van der Waals surface area contributed by atoms with E-state index in [4.69, 9.17) is 12.2 Å². The summed E-state index contributed by atoms with van der Waals surface area (Å²) in [5, 5.41) is 3.36. The molecule has 0 aliphatic carbocycles. The Bertz CT molecular complexity index is 499. The fourth-order valence-corrected chi connectivity index (χ4v) is 2.34. The number of aromatic nitrogens is 2. The van der Waals surface area contributed by atoms with Gasteiger partial charge in [-0.25, -0.2) is 0 Å². The van der Waals surface area contributed by atoms with Crippen LogP contribution in [0.25, 0.3) is 0 Å². The Balaban J connectivity index is 2.97. The first-order valence-corrected chi connectivity index (χ1v) is 7.15. The van der Waals surface area contributed by atoms with Crippen LogP contribution in [0.5, 0.6) is 0 Å². The molecule has 1 N–H and O–H groups in total. The van der Waals surface area contributed by atoms with E-state index in [0.29, 0.717) is 6.42 Å². The third-order valence-corrected chi connectivity index (χ3v) is 3.78. The standard InChI is InChI=1S/C14H25N3OS/c1-9(2)13(18)12(15-10(3)4)7-11-8-16(5)14(19)17(11)6/h8-10,12,15H,7H2,1-6H3. The summed E-state index contributed by atoms with van der Waals surface area (Å²) in [4.78, 5) is 12.3. The van der Waals surface area contributed by atoms with Crippen molar-refractivity contribution in [1.29, 1.82) is 0 Å². The van der Waals surface area contributed by atoms with E-state index in [1.54, 1.807) is 0 Å². The number of aryl methyl sites for hydroxylation is 1. The Hall–Kier alpha value is -0.940. The van der Waals surface area contributed by atoms with Crippen LogP contribution in [0.15, 0.2) is 6.20 Å². The van der Waals surface area contributed by atoms with Crippen LogP contribution in [0.1, 0.15) is 33.4 Å². The van der Waals surface area contributed by atoms with Gasteiger partial charge in [0, 0.05) is 44.4 Å². The van der Waals surface area contributed by atoms with Crippen molar-refractivity contribution in [2.24, 2.45) is 20.0 Å². The van der Waals surface area contributed by atoms with Crippen molar-refractivity contribution in [3.63, 3.8) is 0 Å². The second-order valence-electron chi connectivity index (χ2n) is 5.71. The SMILES string of the molecule is CC(C)NC(Cc1cn(C)c(=S)n1C)C(=O)C(C)C. The van der Waals surface area contributed by atoms with E-state index in [9.17, 15) is 4.79 Å². The van der Waals surface area contributed by atoms with Gasteiger partial charge in [0.1, 0.15) is 0 Å². The summed E-state index contributed by atoms with van der Waals surface area (Å²) in [5.41, 5.74) is 1.08. The van der Waals surface area contributed by atoms with Crippen molar-refractivity contribution in [2.75, 3.05) is 0 Å². The molecule has 0 aromatic carbocycles. The van der Waals surface area contributed by atoms with Crippen molar-refractivity contribution in [3.05, 3.63) is 16.7 Å². The van der Waals surface area contributed by atoms with E-state index in [2.05, 4.69) is 19.2 Å². The first-order chi connectivity index (χ1) is 8.73. The lowest BCUT2D eigenvalue weighted by Gasteiger charge is -2.22. The monoisotopic (exact) mass is 283 g/mol. The van der Waals surface area contributed by atoms with Gasteiger partial charge in [-0.3, -0.25) is 4.79 Å². The molecule has 1 rings (SSSR count). The zero-order valence-electron chi connectivity index (χ0n) is 12.7. The van der Waals surface area contributed by atoms with Crippen LogP contribution >= 0.6 is 12.2 Å². The molecule has 1 aromatic rings. The lowest BCUT2D eigenvalue weighted by atomic mass is 9.97. The predicted octanol–water partition coefficient (Wildman–Crippen LogP) is 2.23. The number of hydrogen-bond acceptors (Lipinski definition) is 3. The normalized spacial score (nSPS) is 13.3. The van der Waals surface area contributed by atoms with E-state index in [0.717, 1.165) is 10.5 Å². The molecule has 1 atom stereocenters. The van der Waals surface area contributed by atoms with E-state index >= 15 is 0 Å². The Kier molecular flexibility index (Phi) is 5.50. The Morgan fingerprint density at radius 1 is 1.32 bits per heavy atom. The van der Waals surface area contributed by atoms with Crippen LogP contribution in [0.3, 0.4) is 0 Å². The number of carbonyl (C=O) groups excluding carboxylic acids is 1. The van der Waals surface area contributed by atoms with Crippen LogP contribution in [0, 0.1) is 10.7 Å². The summed E-state index contributed by atoms with van der Waals surface area (Å²) >= 11 is 5.29. The van der Waals surface area contributed by atoms with Gasteiger partial charge in [0.15, 0.2) is 10.6 Å². The average molecular weight is 283 g/mol. The van der Waals surface area contributed by atoms with Gasteiger partial charge in [-0.15, -0.1) is 0 Å². The number of Topliss-reactive ketones (excluding diaryl/α,β-unsaturated/α-hetero) is 1. The summed E-state index contributed by atoms with van der Waals surface area (Å²) in [7, 11) is 3.88. The molecule has 0 bridgehead atoms. The van der Waals surface area contributed by atoms with Crippen LogP contribution in [-0.4, -0.2) is 27.0 Å². The molecular formula is C14H25N3OS. The number of ketones is 1. The Morgan fingerprint density at radius 2 is 1.89 bits per heavy atom. The molecule has 5 heteroatoms. The predicted molar refractivity (Wildman–Crippen MR) is 80.8 cm³/mol. The van der Waals surface area contributed by atoms with Crippen LogP contribution in [0.4, 0.5) is 0 Å². The van der Waals surface area contributed by atoms with Gasteiger partial charge in [-0.1, -0.05) is 27.7 Å². The van der Waals surface area contributed by atoms with Gasteiger partial charge in [0.05, 0.1) is 6.04 Å².